The summed E-state index contributed by atoms with van der Waals surface area (Å²) in [6.07, 6.45) is 1.63. The second kappa shape index (κ2) is 7.19. The number of aromatic amines is 1. The van der Waals surface area contributed by atoms with Gasteiger partial charge in [0.2, 0.25) is 5.95 Å². The summed E-state index contributed by atoms with van der Waals surface area (Å²) in [5, 5.41) is 12.1. The normalized spacial score (nSPS) is 11.4. The number of rotatable bonds is 5. The molecule has 3 N–H and O–H groups in total. The lowest BCUT2D eigenvalue weighted by molar-refractivity contribution is 0.535. The van der Waals surface area contributed by atoms with Crippen LogP contribution in [0.2, 0.25) is 0 Å². The van der Waals surface area contributed by atoms with Crippen molar-refractivity contribution in [2.75, 3.05) is 5.73 Å². The van der Waals surface area contributed by atoms with Gasteiger partial charge in [-0.1, -0.05) is 30.0 Å². The lowest BCUT2D eigenvalue weighted by atomic mass is 10.2. The van der Waals surface area contributed by atoms with Gasteiger partial charge in [-0.2, -0.15) is 9.50 Å². The van der Waals surface area contributed by atoms with Crippen molar-refractivity contribution in [3.63, 3.8) is 0 Å². The van der Waals surface area contributed by atoms with Crippen molar-refractivity contribution in [2.24, 2.45) is 0 Å². The minimum absolute atomic E-state index is 0.133. The zero-order valence-electron chi connectivity index (χ0n) is 15.8. The van der Waals surface area contributed by atoms with Gasteiger partial charge in [0, 0.05) is 17.5 Å². The standard InChI is InChI=1S/C19H16N8O2S/c1-11-14(7-8-29-11)16-23-24-19(26(16)13-5-3-2-4-6-13)30-10-12-9-15(28)27-18(21-12)22-17(20)25-27/h2-9H,10H2,1H3,(H3,20,21,22,25). The predicted octanol–water partition coefficient (Wildman–Crippen LogP) is 2.44. The number of nitrogens with one attached hydrogen (secondary N) is 1. The third kappa shape index (κ3) is 3.14. The molecule has 5 rings (SSSR count). The highest BCUT2D eigenvalue weighted by atomic mass is 32.2. The first kappa shape index (κ1) is 18.2. The molecule has 11 heteroatoms. The molecule has 0 aliphatic heterocycles. The van der Waals surface area contributed by atoms with E-state index in [1.807, 2.05) is 47.9 Å². The van der Waals surface area contributed by atoms with Crippen LogP contribution in [0.3, 0.4) is 0 Å². The van der Waals surface area contributed by atoms with Crippen LogP contribution in [-0.2, 0) is 5.75 Å². The third-order valence-corrected chi connectivity index (χ3v) is 5.46. The molecule has 0 spiro atoms. The van der Waals surface area contributed by atoms with E-state index in [1.54, 1.807) is 6.26 Å². The number of fused-ring (bicyclic) bond motifs is 1. The molecule has 0 saturated heterocycles. The van der Waals surface area contributed by atoms with E-state index in [9.17, 15) is 4.79 Å². The van der Waals surface area contributed by atoms with Crippen molar-refractivity contribution >= 4 is 23.5 Å². The van der Waals surface area contributed by atoms with Gasteiger partial charge in [-0.3, -0.25) is 14.5 Å². The summed E-state index contributed by atoms with van der Waals surface area (Å²) in [5.41, 5.74) is 7.69. The maximum Gasteiger partial charge on any atom is 0.274 e. The zero-order valence-corrected chi connectivity index (χ0v) is 16.6. The van der Waals surface area contributed by atoms with Gasteiger partial charge < -0.3 is 10.2 Å². The molecule has 0 atom stereocenters. The molecule has 0 bridgehead atoms. The lowest BCUT2D eigenvalue weighted by Crippen LogP contribution is -2.15. The summed E-state index contributed by atoms with van der Waals surface area (Å²) in [7, 11) is 0. The average molecular weight is 420 g/mol. The Morgan fingerprint density at radius 3 is 2.77 bits per heavy atom. The van der Waals surface area contributed by atoms with Gasteiger partial charge in [-0.05, 0) is 25.1 Å². The largest absolute Gasteiger partial charge is 0.469 e. The Morgan fingerprint density at radius 1 is 1.17 bits per heavy atom. The minimum Gasteiger partial charge on any atom is -0.469 e. The minimum atomic E-state index is -0.279. The van der Waals surface area contributed by atoms with Crippen molar-refractivity contribution in [2.45, 2.75) is 17.8 Å². The van der Waals surface area contributed by atoms with Crippen molar-refractivity contribution in [1.82, 2.24) is 34.3 Å². The van der Waals surface area contributed by atoms with Crippen LogP contribution >= 0.6 is 11.8 Å². The van der Waals surface area contributed by atoms with E-state index >= 15 is 0 Å². The summed E-state index contributed by atoms with van der Waals surface area (Å²) < 4.78 is 8.61. The Morgan fingerprint density at radius 2 is 2.00 bits per heavy atom. The topological polar surface area (TPSA) is 133 Å². The van der Waals surface area contributed by atoms with Crippen LogP contribution in [0.25, 0.3) is 22.9 Å². The number of aromatic nitrogens is 7. The average Bonchev–Trinajstić information content (AvgIpc) is 3.44. The molecule has 5 aromatic rings. The zero-order chi connectivity index (χ0) is 20.7. The maximum absolute atomic E-state index is 12.3. The van der Waals surface area contributed by atoms with E-state index in [0.717, 1.165) is 17.0 Å². The molecule has 0 fully saturated rings. The SMILES string of the molecule is Cc1occc1-c1nnc(SCc2cc(=O)n3[nH]c(N)nc3n2)n1-c1ccccc1. The Bertz CT molecular complexity index is 1400. The number of nitrogen functional groups attached to an aromatic ring is 1. The highest BCUT2D eigenvalue weighted by molar-refractivity contribution is 7.98. The van der Waals surface area contributed by atoms with Gasteiger partial charge in [0.25, 0.3) is 11.3 Å². The van der Waals surface area contributed by atoms with Crippen molar-refractivity contribution in [3.05, 3.63) is 70.5 Å². The second-order valence-electron chi connectivity index (χ2n) is 6.49. The number of nitrogens with two attached hydrogens (primary N) is 1. The fraction of sp³-hybridized carbons (Fsp3) is 0.105. The van der Waals surface area contributed by atoms with Gasteiger partial charge in [0.05, 0.1) is 17.5 Å². The van der Waals surface area contributed by atoms with Crippen LogP contribution in [0.5, 0.6) is 0 Å². The van der Waals surface area contributed by atoms with Crippen LogP contribution in [-0.4, -0.2) is 34.3 Å². The van der Waals surface area contributed by atoms with Crippen molar-refractivity contribution < 1.29 is 4.42 Å². The van der Waals surface area contributed by atoms with Gasteiger partial charge in [0.1, 0.15) is 5.76 Å². The van der Waals surface area contributed by atoms with Crippen LogP contribution in [0, 0.1) is 6.92 Å². The van der Waals surface area contributed by atoms with E-state index in [-0.39, 0.29) is 17.3 Å². The molecule has 0 saturated carbocycles. The molecule has 4 aromatic heterocycles. The van der Waals surface area contributed by atoms with Crippen LogP contribution < -0.4 is 11.3 Å². The van der Waals surface area contributed by atoms with E-state index in [0.29, 0.717) is 22.4 Å². The molecule has 150 valence electrons. The first-order valence-electron chi connectivity index (χ1n) is 9.02. The van der Waals surface area contributed by atoms with Gasteiger partial charge in [-0.25, -0.2) is 4.98 Å². The number of nitrogens with zero attached hydrogens (tertiary/aromatic N) is 6. The van der Waals surface area contributed by atoms with Gasteiger partial charge in [-0.15, -0.1) is 10.2 Å². The summed E-state index contributed by atoms with van der Waals surface area (Å²) in [6, 6.07) is 13.1. The molecule has 0 amide bonds. The smallest absolute Gasteiger partial charge is 0.274 e. The third-order valence-electron chi connectivity index (χ3n) is 4.50. The highest BCUT2D eigenvalue weighted by Gasteiger charge is 2.19. The number of benzene rings is 1. The second-order valence-corrected chi connectivity index (χ2v) is 7.43. The molecular formula is C19H16N8O2S. The molecule has 0 aliphatic carbocycles. The molecule has 0 unspecified atom stereocenters. The van der Waals surface area contributed by atoms with Crippen molar-refractivity contribution in [3.8, 4) is 17.1 Å². The summed E-state index contributed by atoms with van der Waals surface area (Å²) in [6.45, 7) is 1.88. The molecule has 10 nitrogen and oxygen atoms in total. The maximum atomic E-state index is 12.3. The van der Waals surface area contributed by atoms with Gasteiger partial charge >= 0.3 is 0 Å². The quantitative estimate of drug-likeness (QED) is 0.414. The fourth-order valence-electron chi connectivity index (χ4n) is 3.12. The monoisotopic (exact) mass is 420 g/mol. The molecule has 0 aliphatic rings. The Hall–Kier alpha value is -3.86. The van der Waals surface area contributed by atoms with E-state index in [1.165, 1.54) is 22.3 Å². The lowest BCUT2D eigenvalue weighted by Gasteiger charge is -2.09. The van der Waals surface area contributed by atoms with Crippen LogP contribution in [0.15, 0.2) is 63.1 Å². The number of anilines is 1. The van der Waals surface area contributed by atoms with E-state index in [4.69, 9.17) is 10.2 Å². The number of hydrogen-bond acceptors (Lipinski definition) is 8. The number of hydrogen-bond donors (Lipinski definition) is 2. The number of thioether (sulfide) groups is 1. The molecule has 30 heavy (non-hydrogen) atoms. The summed E-state index contributed by atoms with van der Waals surface area (Å²) in [5.74, 6) is 2.21. The first-order valence-corrected chi connectivity index (χ1v) is 10.0. The number of para-hydroxylation sites is 1. The highest BCUT2D eigenvalue weighted by Crippen LogP contribution is 2.31. The van der Waals surface area contributed by atoms with E-state index in [2.05, 4.69) is 25.3 Å². The molecule has 1 aromatic carbocycles. The van der Waals surface area contributed by atoms with Gasteiger partial charge in [0.15, 0.2) is 11.0 Å². The summed E-state index contributed by atoms with van der Waals surface area (Å²) in [4.78, 5) is 20.7. The Balaban J connectivity index is 1.53. The molecule has 4 heterocycles. The summed E-state index contributed by atoms with van der Waals surface area (Å²) >= 11 is 1.42. The first-order chi connectivity index (χ1) is 14.6. The van der Waals surface area contributed by atoms with Crippen molar-refractivity contribution in [1.29, 1.82) is 0 Å². The Kier molecular flexibility index (Phi) is 4.36. The number of aryl methyl sites for hydroxylation is 1. The van der Waals surface area contributed by atoms with Crippen LogP contribution in [0.1, 0.15) is 11.5 Å². The number of furan rings is 1. The fourth-order valence-corrected chi connectivity index (χ4v) is 3.97. The van der Waals surface area contributed by atoms with Crippen LogP contribution in [0.4, 0.5) is 5.95 Å². The molecule has 0 radical (unpaired) electrons. The molecular weight excluding hydrogens is 404 g/mol. The Labute approximate surface area is 173 Å². The predicted molar refractivity (Wildman–Crippen MR) is 111 cm³/mol. The number of H-pyrrole nitrogens is 1. The van der Waals surface area contributed by atoms with E-state index < -0.39 is 0 Å².